The molecule has 1 saturated heterocycles. The van der Waals surface area contributed by atoms with Gasteiger partial charge in [-0.2, -0.15) is 0 Å². The van der Waals surface area contributed by atoms with Gasteiger partial charge in [0.2, 0.25) is 5.91 Å². The van der Waals surface area contributed by atoms with E-state index < -0.39 is 5.60 Å². The standard InChI is InChI=1S/C27H34N4O4/c1-18-17-28-23-16-22(10-11-24(23)31(18)19(2)32)20-6-8-21(9-7-20)25(33)29-12-14-30(15-13-29)26(34)35-27(3,4)5/h6-11,16,18,28H,12-15,17H2,1-5H3/t18-/m0/s1. The summed E-state index contributed by atoms with van der Waals surface area (Å²) < 4.78 is 5.43. The van der Waals surface area contributed by atoms with Crippen LogP contribution in [0.15, 0.2) is 42.5 Å². The van der Waals surface area contributed by atoms with Gasteiger partial charge in [-0.3, -0.25) is 9.59 Å². The van der Waals surface area contributed by atoms with Crippen molar-refractivity contribution in [1.29, 1.82) is 0 Å². The summed E-state index contributed by atoms with van der Waals surface area (Å²) >= 11 is 0. The highest BCUT2D eigenvalue weighted by atomic mass is 16.6. The predicted molar refractivity (Wildman–Crippen MR) is 137 cm³/mol. The maximum atomic E-state index is 13.0. The summed E-state index contributed by atoms with van der Waals surface area (Å²) in [6.45, 7) is 11.7. The van der Waals surface area contributed by atoms with Crippen LogP contribution in [0.3, 0.4) is 0 Å². The Morgan fingerprint density at radius 2 is 1.51 bits per heavy atom. The summed E-state index contributed by atoms with van der Waals surface area (Å²) in [6, 6.07) is 13.7. The van der Waals surface area contributed by atoms with Crippen LogP contribution in [-0.2, 0) is 9.53 Å². The fourth-order valence-electron chi connectivity index (χ4n) is 4.54. The highest BCUT2D eigenvalue weighted by Crippen LogP contribution is 2.35. The lowest BCUT2D eigenvalue weighted by Crippen LogP contribution is -2.51. The summed E-state index contributed by atoms with van der Waals surface area (Å²) in [7, 11) is 0. The molecule has 2 aliphatic heterocycles. The average molecular weight is 479 g/mol. The van der Waals surface area contributed by atoms with Gasteiger partial charge >= 0.3 is 6.09 Å². The highest BCUT2D eigenvalue weighted by molar-refractivity contribution is 5.98. The number of nitrogens with one attached hydrogen (secondary N) is 1. The molecule has 186 valence electrons. The van der Waals surface area contributed by atoms with Crippen LogP contribution < -0.4 is 10.2 Å². The van der Waals surface area contributed by atoms with Gasteiger partial charge < -0.3 is 24.8 Å². The Hall–Kier alpha value is -3.55. The molecular weight excluding hydrogens is 444 g/mol. The minimum absolute atomic E-state index is 0.0304. The van der Waals surface area contributed by atoms with Gasteiger partial charge in [-0.15, -0.1) is 0 Å². The first-order chi connectivity index (χ1) is 16.5. The van der Waals surface area contributed by atoms with E-state index in [2.05, 4.69) is 5.32 Å². The van der Waals surface area contributed by atoms with E-state index in [1.807, 2.05) is 75.1 Å². The van der Waals surface area contributed by atoms with E-state index >= 15 is 0 Å². The van der Waals surface area contributed by atoms with Crippen molar-refractivity contribution in [2.45, 2.75) is 46.3 Å². The van der Waals surface area contributed by atoms with Crippen molar-refractivity contribution < 1.29 is 19.1 Å². The first-order valence-electron chi connectivity index (χ1n) is 12.1. The van der Waals surface area contributed by atoms with Crippen molar-refractivity contribution in [2.75, 3.05) is 42.9 Å². The molecule has 1 fully saturated rings. The number of carbonyl (C=O) groups excluding carboxylic acids is 3. The summed E-state index contributed by atoms with van der Waals surface area (Å²) in [4.78, 5) is 42.6. The molecule has 2 aromatic rings. The third kappa shape index (κ3) is 5.42. The number of carbonyl (C=O) groups is 3. The number of rotatable bonds is 2. The number of amides is 3. The number of fused-ring (bicyclic) bond motifs is 1. The van der Waals surface area contributed by atoms with E-state index in [9.17, 15) is 14.4 Å². The van der Waals surface area contributed by atoms with E-state index in [1.54, 1.807) is 16.7 Å². The molecule has 2 aliphatic rings. The maximum absolute atomic E-state index is 13.0. The van der Waals surface area contributed by atoms with E-state index in [4.69, 9.17) is 4.74 Å². The van der Waals surface area contributed by atoms with Gasteiger partial charge in [-0.1, -0.05) is 18.2 Å². The van der Waals surface area contributed by atoms with Crippen molar-refractivity contribution in [3.05, 3.63) is 48.0 Å². The first-order valence-corrected chi connectivity index (χ1v) is 12.1. The van der Waals surface area contributed by atoms with Gasteiger partial charge in [-0.05, 0) is 63.1 Å². The zero-order chi connectivity index (χ0) is 25.3. The van der Waals surface area contributed by atoms with Gasteiger partial charge in [0.25, 0.3) is 5.91 Å². The third-order valence-electron chi connectivity index (χ3n) is 6.31. The van der Waals surface area contributed by atoms with Crippen LogP contribution in [-0.4, -0.2) is 72.1 Å². The fraction of sp³-hybridized carbons (Fsp3) is 0.444. The molecule has 2 aromatic carbocycles. The summed E-state index contributed by atoms with van der Waals surface area (Å²) in [5.41, 5.74) is 3.90. The zero-order valence-corrected chi connectivity index (χ0v) is 21.1. The molecule has 1 N–H and O–H groups in total. The summed E-state index contributed by atoms with van der Waals surface area (Å²) in [6.07, 6.45) is -0.339. The molecule has 0 aliphatic carbocycles. The Morgan fingerprint density at radius 1 is 0.914 bits per heavy atom. The molecule has 8 heteroatoms. The zero-order valence-electron chi connectivity index (χ0n) is 21.1. The minimum Gasteiger partial charge on any atom is -0.444 e. The lowest BCUT2D eigenvalue weighted by atomic mass is 10.0. The molecule has 0 spiro atoms. The molecule has 1 atom stereocenters. The van der Waals surface area contributed by atoms with Crippen molar-refractivity contribution in [3.8, 4) is 11.1 Å². The second-order valence-corrected chi connectivity index (χ2v) is 10.2. The second-order valence-electron chi connectivity index (χ2n) is 10.2. The topological polar surface area (TPSA) is 82.2 Å². The normalized spacial score (nSPS) is 18.0. The van der Waals surface area contributed by atoms with Gasteiger partial charge in [0.1, 0.15) is 5.60 Å². The largest absolute Gasteiger partial charge is 0.444 e. The molecular formula is C27H34N4O4. The summed E-state index contributed by atoms with van der Waals surface area (Å²) in [5.74, 6) is -0.0126. The van der Waals surface area contributed by atoms with Crippen LogP contribution in [0.1, 0.15) is 45.0 Å². The Labute approximate surface area is 206 Å². The van der Waals surface area contributed by atoms with Crippen LogP contribution in [0.25, 0.3) is 11.1 Å². The van der Waals surface area contributed by atoms with E-state index in [0.29, 0.717) is 38.3 Å². The summed E-state index contributed by atoms with van der Waals surface area (Å²) in [5, 5.41) is 3.41. The molecule has 0 radical (unpaired) electrons. The number of nitrogens with zero attached hydrogens (tertiary/aromatic N) is 3. The van der Waals surface area contributed by atoms with Gasteiger partial charge in [-0.25, -0.2) is 4.79 Å². The minimum atomic E-state index is -0.537. The number of hydrogen-bond acceptors (Lipinski definition) is 5. The Kier molecular flexibility index (Phi) is 6.74. The van der Waals surface area contributed by atoms with Crippen molar-refractivity contribution >= 4 is 29.3 Å². The van der Waals surface area contributed by atoms with Crippen LogP contribution in [0.5, 0.6) is 0 Å². The quantitative estimate of drug-likeness (QED) is 0.699. The predicted octanol–water partition coefficient (Wildman–Crippen LogP) is 4.21. The molecule has 0 unspecified atom stereocenters. The Morgan fingerprint density at radius 3 is 2.11 bits per heavy atom. The molecule has 35 heavy (non-hydrogen) atoms. The van der Waals surface area contributed by atoms with Gasteiger partial charge in [0.15, 0.2) is 0 Å². The Balaban J connectivity index is 1.41. The molecule has 0 saturated carbocycles. The second kappa shape index (κ2) is 9.60. The SMILES string of the molecule is CC(=O)N1c2ccc(-c3ccc(C(=O)N4CCN(C(=O)OC(C)(C)C)CC4)cc3)cc2NC[C@@H]1C. The number of benzene rings is 2. The number of anilines is 2. The van der Waals surface area contributed by atoms with Crippen molar-refractivity contribution in [2.24, 2.45) is 0 Å². The third-order valence-corrected chi connectivity index (χ3v) is 6.31. The van der Waals surface area contributed by atoms with Crippen molar-refractivity contribution in [1.82, 2.24) is 9.80 Å². The first kappa shape index (κ1) is 24.6. The van der Waals surface area contributed by atoms with Gasteiger partial charge in [0.05, 0.1) is 17.4 Å². The molecule has 2 heterocycles. The maximum Gasteiger partial charge on any atom is 0.410 e. The molecule has 0 aromatic heterocycles. The molecule has 8 nitrogen and oxygen atoms in total. The lowest BCUT2D eigenvalue weighted by Gasteiger charge is -2.35. The highest BCUT2D eigenvalue weighted by Gasteiger charge is 2.28. The number of hydrogen-bond donors (Lipinski definition) is 1. The number of piperazine rings is 1. The monoisotopic (exact) mass is 478 g/mol. The van der Waals surface area contributed by atoms with Gasteiger partial charge in [0, 0.05) is 45.2 Å². The van der Waals surface area contributed by atoms with E-state index in [1.165, 1.54) is 0 Å². The average Bonchev–Trinajstić information content (AvgIpc) is 2.82. The van der Waals surface area contributed by atoms with Crippen LogP contribution in [0.4, 0.5) is 16.2 Å². The lowest BCUT2D eigenvalue weighted by molar-refractivity contribution is -0.117. The molecule has 0 bridgehead atoms. The van der Waals surface area contributed by atoms with E-state index in [0.717, 1.165) is 22.5 Å². The van der Waals surface area contributed by atoms with Crippen LogP contribution in [0, 0.1) is 0 Å². The van der Waals surface area contributed by atoms with Crippen LogP contribution in [0.2, 0.25) is 0 Å². The van der Waals surface area contributed by atoms with E-state index in [-0.39, 0.29) is 23.9 Å². The smallest absolute Gasteiger partial charge is 0.410 e. The Bertz CT molecular complexity index is 1110. The number of ether oxygens (including phenoxy) is 1. The fourth-order valence-corrected chi connectivity index (χ4v) is 4.54. The molecule has 4 rings (SSSR count). The van der Waals surface area contributed by atoms with Crippen LogP contribution >= 0.6 is 0 Å². The van der Waals surface area contributed by atoms with Crippen molar-refractivity contribution in [3.63, 3.8) is 0 Å². The molecule has 3 amide bonds.